The van der Waals surface area contributed by atoms with Crippen LogP contribution in [0.3, 0.4) is 0 Å². The van der Waals surface area contributed by atoms with Crippen LogP contribution in [-0.4, -0.2) is 45.0 Å². The molecule has 1 aliphatic rings. The SMILES string of the molecule is CCS(=O)(=O)C[C@@H]1CCN(C)C1. The molecule has 0 unspecified atom stereocenters. The van der Waals surface area contributed by atoms with Crippen LogP contribution in [0.4, 0.5) is 0 Å². The quantitative estimate of drug-likeness (QED) is 0.647. The van der Waals surface area contributed by atoms with E-state index in [0.717, 1.165) is 19.5 Å². The molecule has 0 bridgehead atoms. The van der Waals surface area contributed by atoms with Crippen LogP contribution in [0.1, 0.15) is 13.3 Å². The van der Waals surface area contributed by atoms with Crippen LogP contribution >= 0.6 is 0 Å². The van der Waals surface area contributed by atoms with Crippen LogP contribution < -0.4 is 0 Å². The molecular weight excluding hydrogens is 174 g/mol. The summed E-state index contributed by atoms with van der Waals surface area (Å²) in [5.41, 5.74) is 0. The fraction of sp³-hybridized carbons (Fsp3) is 1.00. The monoisotopic (exact) mass is 191 g/mol. The van der Waals surface area contributed by atoms with Gasteiger partial charge in [0.05, 0.1) is 5.75 Å². The Morgan fingerprint density at radius 3 is 2.58 bits per heavy atom. The smallest absolute Gasteiger partial charge is 0.150 e. The second-order valence-electron chi connectivity index (χ2n) is 3.62. The van der Waals surface area contributed by atoms with Crippen molar-refractivity contribution in [3.8, 4) is 0 Å². The van der Waals surface area contributed by atoms with E-state index in [1.165, 1.54) is 0 Å². The zero-order chi connectivity index (χ0) is 9.19. The molecule has 3 nitrogen and oxygen atoms in total. The highest BCUT2D eigenvalue weighted by molar-refractivity contribution is 7.91. The summed E-state index contributed by atoms with van der Waals surface area (Å²) in [7, 11) is -0.713. The van der Waals surface area contributed by atoms with Crippen molar-refractivity contribution in [2.75, 3.05) is 31.6 Å². The normalized spacial score (nSPS) is 26.3. The van der Waals surface area contributed by atoms with Gasteiger partial charge in [-0.3, -0.25) is 0 Å². The van der Waals surface area contributed by atoms with Crippen molar-refractivity contribution < 1.29 is 8.42 Å². The summed E-state index contributed by atoms with van der Waals surface area (Å²) in [6, 6.07) is 0. The minimum atomic E-state index is -2.75. The number of rotatable bonds is 3. The van der Waals surface area contributed by atoms with Gasteiger partial charge in [0.15, 0.2) is 0 Å². The Hall–Kier alpha value is -0.0900. The average molecular weight is 191 g/mol. The maximum Gasteiger partial charge on any atom is 0.150 e. The third kappa shape index (κ3) is 2.75. The van der Waals surface area contributed by atoms with Gasteiger partial charge in [0, 0.05) is 12.3 Å². The molecule has 1 fully saturated rings. The van der Waals surface area contributed by atoms with E-state index in [1.54, 1.807) is 6.92 Å². The van der Waals surface area contributed by atoms with Gasteiger partial charge in [-0.25, -0.2) is 8.42 Å². The molecule has 0 spiro atoms. The molecule has 0 aromatic heterocycles. The van der Waals surface area contributed by atoms with E-state index >= 15 is 0 Å². The van der Waals surface area contributed by atoms with Crippen molar-refractivity contribution >= 4 is 9.84 Å². The van der Waals surface area contributed by atoms with Gasteiger partial charge in [0.25, 0.3) is 0 Å². The molecule has 4 heteroatoms. The average Bonchev–Trinajstić information content (AvgIpc) is 2.35. The first-order chi connectivity index (χ1) is 5.53. The number of likely N-dealkylation sites (tertiary alicyclic amines) is 1. The maximum absolute atomic E-state index is 11.2. The summed E-state index contributed by atoms with van der Waals surface area (Å²) >= 11 is 0. The van der Waals surface area contributed by atoms with Crippen molar-refractivity contribution in [2.45, 2.75) is 13.3 Å². The lowest BCUT2D eigenvalue weighted by atomic mass is 10.2. The molecule has 0 amide bonds. The lowest BCUT2D eigenvalue weighted by Crippen LogP contribution is -2.21. The molecule has 1 rings (SSSR count). The number of nitrogens with zero attached hydrogens (tertiary/aromatic N) is 1. The van der Waals surface area contributed by atoms with Crippen molar-refractivity contribution in [3.05, 3.63) is 0 Å². The second-order valence-corrected chi connectivity index (χ2v) is 6.01. The molecule has 1 heterocycles. The topological polar surface area (TPSA) is 37.4 Å². The molecule has 72 valence electrons. The van der Waals surface area contributed by atoms with Gasteiger partial charge in [-0.15, -0.1) is 0 Å². The zero-order valence-corrected chi connectivity index (χ0v) is 8.60. The summed E-state index contributed by atoms with van der Waals surface area (Å²) in [4.78, 5) is 2.19. The van der Waals surface area contributed by atoms with Crippen molar-refractivity contribution in [3.63, 3.8) is 0 Å². The van der Waals surface area contributed by atoms with Crippen molar-refractivity contribution in [1.82, 2.24) is 4.90 Å². The van der Waals surface area contributed by atoms with E-state index in [9.17, 15) is 8.42 Å². The van der Waals surface area contributed by atoms with Crippen LogP contribution in [0.25, 0.3) is 0 Å². The third-order valence-corrected chi connectivity index (χ3v) is 4.28. The molecule has 0 aromatic carbocycles. The first-order valence-corrected chi connectivity index (χ1v) is 6.24. The molecule has 1 saturated heterocycles. The van der Waals surface area contributed by atoms with E-state index in [2.05, 4.69) is 4.90 Å². The summed E-state index contributed by atoms with van der Waals surface area (Å²) in [5, 5.41) is 0. The first kappa shape index (κ1) is 9.99. The van der Waals surface area contributed by atoms with E-state index in [-0.39, 0.29) is 5.75 Å². The van der Waals surface area contributed by atoms with E-state index in [4.69, 9.17) is 0 Å². The lowest BCUT2D eigenvalue weighted by molar-refractivity contribution is 0.401. The van der Waals surface area contributed by atoms with E-state index in [1.807, 2.05) is 7.05 Å². The Morgan fingerprint density at radius 1 is 1.50 bits per heavy atom. The summed E-state index contributed by atoms with van der Waals surface area (Å²) in [6.07, 6.45) is 1.04. The fourth-order valence-electron chi connectivity index (χ4n) is 1.64. The van der Waals surface area contributed by atoms with Gasteiger partial charge >= 0.3 is 0 Å². The van der Waals surface area contributed by atoms with Gasteiger partial charge in [-0.2, -0.15) is 0 Å². The molecular formula is C8H17NO2S. The highest BCUT2D eigenvalue weighted by Crippen LogP contribution is 2.16. The lowest BCUT2D eigenvalue weighted by Gasteiger charge is -2.09. The predicted molar refractivity (Wildman–Crippen MR) is 49.9 cm³/mol. The number of hydrogen-bond donors (Lipinski definition) is 0. The van der Waals surface area contributed by atoms with Crippen LogP contribution in [0.5, 0.6) is 0 Å². The molecule has 1 aliphatic heterocycles. The Bertz CT molecular complexity index is 235. The van der Waals surface area contributed by atoms with Crippen molar-refractivity contribution in [2.24, 2.45) is 5.92 Å². The van der Waals surface area contributed by atoms with Crippen molar-refractivity contribution in [1.29, 1.82) is 0 Å². The Balaban J connectivity index is 2.43. The largest absolute Gasteiger partial charge is 0.306 e. The molecule has 0 aromatic rings. The number of hydrogen-bond acceptors (Lipinski definition) is 3. The van der Waals surface area contributed by atoms with Crippen LogP contribution in [0.2, 0.25) is 0 Å². The first-order valence-electron chi connectivity index (χ1n) is 4.42. The highest BCUT2D eigenvalue weighted by atomic mass is 32.2. The maximum atomic E-state index is 11.2. The minimum Gasteiger partial charge on any atom is -0.306 e. The van der Waals surface area contributed by atoms with Crippen LogP contribution in [0, 0.1) is 5.92 Å². The Labute approximate surface area is 74.7 Å². The minimum absolute atomic E-state index is 0.285. The summed E-state index contributed by atoms with van der Waals surface area (Å²) in [5.74, 6) is 1.04. The molecule has 0 aliphatic carbocycles. The van der Waals surface area contributed by atoms with Gasteiger partial charge < -0.3 is 4.90 Å². The molecule has 0 saturated carbocycles. The van der Waals surface area contributed by atoms with Gasteiger partial charge in [-0.05, 0) is 25.9 Å². The molecule has 0 radical (unpaired) electrons. The fourth-order valence-corrected chi connectivity index (χ4v) is 2.87. The van der Waals surface area contributed by atoms with Crippen LogP contribution in [-0.2, 0) is 9.84 Å². The highest BCUT2D eigenvalue weighted by Gasteiger charge is 2.23. The Morgan fingerprint density at radius 2 is 2.17 bits per heavy atom. The third-order valence-electron chi connectivity index (χ3n) is 2.42. The van der Waals surface area contributed by atoms with E-state index in [0.29, 0.717) is 11.7 Å². The molecule has 0 N–H and O–H groups in total. The van der Waals surface area contributed by atoms with E-state index < -0.39 is 9.84 Å². The van der Waals surface area contributed by atoms with Gasteiger partial charge in [0.2, 0.25) is 0 Å². The Kier molecular flexibility index (Phi) is 3.12. The number of sulfone groups is 1. The summed E-state index contributed by atoms with van der Waals surface area (Å²) in [6.45, 7) is 3.71. The standard InChI is InChI=1S/C8H17NO2S/c1-3-12(10,11)7-8-4-5-9(2)6-8/h8H,3-7H2,1-2H3/t8-/m1/s1. The molecule has 12 heavy (non-hydrogen) atoms. The van der Waals surface area contributed by atoms with Crippen LogP contribution in [0.15, 0.2) is 0 Å². The second kappa shape index (κ2) is 3.75. The zero-order valence-electron chi connectivity index (χ0n) is 7.78. The van der Waals surface area contributed by atoms with Gasteiger partial charge in [-0.1, -0.05) is 6.92 Å². The summed E-state index contributed by atoms with van der Waals surface area (Å²) < 4.78 is 22.5. The molecule has 1 atom stereocenters. The van der Waals surface area contributed by atoms with Gasteiger partial charge in [0.1, 0.15) is 9.84 Å². The predicted octanol–water partition coefficient (Wildman–Crippen LogP) is 0.373.